The fourth-order valence-corrected chi connectivity index (χ4v) is 3.96. The average molecular weight is 448 g/mol. The number of ether oxygens (including phenoxy) is 2. The van der Waals surface area contributed by atoms with E-state index in [1.165, 1.54) is 0 Å². The van der Waals surface area contributed by atoms with Crippen molar-refractivity contribution >= 4 is 23.5 Å². The Kier molecular flexibility index (Phi) is 8.49. The van der Waals surface area contributed by atoms with Gasteiger partial charge in [-0.25, -0.2) is 4.79 Å². The van der Waals surface area contributed by atoms with Gasteiger partial charge in [-0.15, -0.1) is 0 Å². The molecule has 7 nitrogen and oxygen atoms in total. The number of rotatable bonds is 6. The molecule has 1 aromatic heterocycles. The van der Waals surface area contributed by atoms with Crippen LogP contribution < -0.4 is 5.32 Å². The molecule has 1 amide bonds. The van der Waals surface area contributed by atoms with E-state index in [2.05, 4.69) is 10.4 Å². The van der Waals surface area contributed by atoms with Crippen LogP contribution in [0.4, 0.5) is 0 Å². The quantitative estimate of drug-likeness (QED) is 0.538. The number of amides is 1. The Morgan fingerprint density at radius 1 is 1.32 bits per heavy atom. The molecule has 8 heteroatoms. The van der Waals surface area contributed by atoms with Crippen LogP contribution in [-0.2, 0) is 28.9 Å². The smallest absolute Gasteiger partial charge is 0.339 e. The van der Waals surface area contributed by atoms with E-state index in [0.717, 1.165) is 29.8 Å². The summed E-state index contributed by atoms with van der Waals surface area (Å²) in [6.07, 6.45) is 3.61. The zero-order valence-electron chi connectivity index (χ0n) is 18.2. The first-order chi connectivity index (χ1) is 15.0. The van der Waals surface area contributed by atoms with E-state index >= 15 is 0 Å². The Hall–Kier alpha value is -2.38. The molecule has 1 N–H and O–H groups in total. The summed E-state index contributed by atoms with van der Waals surface area (Å²) in [6.45, 7) is 6.62. The van der Waals surface area contributed by atoms with E-state index in [9.17, 15) is 9.59 Å². The monoisotopic (exact) mass is 447 g/mol. The normalized spacial score (nSPS) is 15.0. The molecule has 0 radical (unpaired) electrons. The van der Waals surface area contributed by atoms with Gasteiger partial charge in [0.25, 0.3) is 5.91 Å². The maximum atomic E-state index is 12.8. The van der Waals surface area contributed by atoms with E-state index in [1.807, 2.05) is 24.6 Å². The topological polar surface area (TPSA) is 82.5 Å². The molecule has 0 aliphatic carbocycles. The largest absolute Gasteiger partial charge is 0.462 e. The van der Waals surface area contributed by atoms with Crippen molar-refractivity contribution in [2.24, 2.45) is 0 Å². The number of nitrogens with zero attached hydrogens (tertiary/aromatic N) is 2. The standard InChI is InChI=1S/C23H30ClN3O4/c1-3-19-21-20(7-4-12-30-13-5-10-25-22(21)28)27(26-19)11-6-14-31-23(29)17-9-8-16(2)15-18(17)24/h8-9,15H,3-7,10-14H2,1-2H3,(H,25,28). The summed E-state index contributed by atoms with van der Waals surface area (Å²) in [5.41, 5.74) is 3.77. The summed E-state index contributed by atoms with van der Waals surface area (Å²) in [4.78, 5) is 25.1. The van der Waals surface area contributed by atoms with Crippen molar-refractivity contribution in [1.82, 2.24) is 15.1 Å². The van der Waals surface area contributed by atoms with Gasteiger partial charge in [-0.05, 0) is 50.3 Å². The number of fused-ring (bicyclic) bond motifs is 1. The van der Waals surface area contributed by atoms with Crippen LogP contribution in [0, 0.1) is 6.92 Å². The molecule has 0 atom stereocenters. The van der Waals surface area contributed by atoms with Crippen LogP contribution in [0.25, 0.3) is 0 Å². The highest BCUT2D eigenvalue weighted by Crippen LogP contribution is 2.20. The molecule has 3 rings (SSSR count). The molecule has 1 aromatic carbocycles. The van der Waals surface area contributed by atoms with Crippen LogP contribution in [-0.4, -0.2) is 48.0 Å². The zero-order valence-corrected chi connectivity index (χ0v) is 19.0. The van der Waals surface area contributed by atoms with Crippen molar-refractivity contribution in [1.29, 1.82) is 0 Å². The minimum Gasteiger partial charge on any atom is -0.462 e. The lowest BCUT2D eigenvalue weighted by atomic mass is 10.1. The van der Waals surface area contributed by atoms with E-state index in [0.29, 0.717) is 61.7 Å². The first-order valence-electron chi connectivity index (χ1n) is 10.9. The summed E-state index contributed by atoms with van der Waals surface area (Å²) in [5, 5.41) is 8.05. The number of benzene rings is 1. The number of nitrogens with one attached hydrogen (secondary N) is 1. The first-order valence-corrected chi connectivity index (χ1v) is 11.3. The van der Waals surface area contributed by atoms with Crippen LogP contribution >= 0.6 is 11.6 Å². The Morgan fingerprint density at radius 2 is 2.13 bits per heavy atom. The summed E-state index contributed by atoms with van der Waals surface area (Å²) < 4.78 is 12.9. The van der Waals surface area contributed by atoms with E-state index in [-0.39, 0.29) is 12.5 Å². The molecule has 0 bridgehead atoms. The molecule has 2 aromatic rings. The number of carbonyl (C=O) groups is 2. The van der Waals surface area contributed by atoms with Crippen molar-refractivity contribution in [3.63, 3.8) is 0 Å². The molecule has 0 spiro atoms. The van der Waals surface area contributed by atoms with Crippen LogP contribution in [0.3, 0.4) is 0 Å². The summed E-state index contributed by atoms with van der Waals surface area (Å²) in [7, 11) is 0. The summed E-state index contributed by atoms with van der Waals surface area (Å²) >= 11 is 6.15. The van der Waals surface area contributed by atoms with Gasteiger partial charge in [0.15, 0.2) is 0 Å². The van der Waals surface area contributed by atoms with E-state index in [1.54, 1.807) is 12.1 Å². The lowest BCUT2D eigenvalue weighted by molar-refractivity contribution is 0.0494. The van der Waals surface area contributed by atoms with E-state index in [4.69, 9.17) is 21.1 Å². The molecule has 1 aliphatic rings. The maximum Gasteiger partial charge on any atom is 0.339 e. The van der Waals surface area contributed by atoms with Crippen molar-refractivity contribution in [2.75, 3.05) is 26.4 Å². The number of hydrogen-bond donors (Lipinski definition) is 1. The lowest BCUT2D eigenvalue weighted by Gasteiger charge is -2.10. The van der Waals surface area contributed by atoms with Crippen LogP contribution in [0.15, 0.2) is 18.2 Å². The highest BCUT2D eigenvalue weighted by atomic mass is 35.5. The third-order valence-corrected chi connectivity index (χ3v) is 5.55. The van der Waals surface area contributed by atoms with Crippen LogP contribution in [0.2, 0.25) is 5.02 Å². The predicted octanol–water partition coefficient (Wildman–Crippen LogP) is 3.74. The highest BCUT2D eigenvalue weighted by Gasteiger charge is 2.23. The van der Waals surface area contributed by atoms with Gasteiger partial charge in [0.05, 0.1) is 34.1 Å². The van der Waals surface area contributed by atoms with Crippen LogP contribution in [0.1, 0.15) is 63.9 Å². The molecule has 0 saturated carbocycles. The lowest BCUT2D eigenvalue weighted by Crippen LogP contribution is -2.26. The fraction of sp³-hybridized carbons (Fsp3) is 0.522. The molecule has 168 valence electrons. The molecular formula is C23H30ClN3O4. The third kappa shape index (κ3) is 6.08. The van der Waals surface area contributed by atoms with Gasteiger partial charge in [-0.3, -0.25) is 9.48 Å². The molecular weight excluding hydrogens is 418 g/mol. The molecule has 2 heterocycles. The molecule has 1 aliphatic heterocycles. The minimum atomic E-state index is -0.435. The molecule has 0 unspecified atom stereocenters. The highest BCUT2D eigenvalue weighted by molar-refractivity contribution is 6.33. The van der Waals surface area contributed by atoms with Crippen molar-refractivity contribution < 1.29 is 19.1 Å². The number of hydrogen-bond acceptors (Lipinski definition) is 5. The van der Waals surface area contributed by atoms with Crippen molar-refractivity contribution in [3.8, 4) is 0 Å². The summed E-state index contributed by atoms with van der Waals surface area (Å²) in [5.74, 6) is -0.504. The van der Waals surface area contributed by atoms with Crippen molar-refractivity contribution in [3.05, 3.63) is 51.3 Å². The van der Waals surface area contributed by atoms with Gasteiger partial charge in [-0.2, -0.15) is 5.10 Å². The second kappa shape index (κ2) is 11.3. The van der Waals surface area contributed by atoms with E-state index < -0.39 is 5.97 Å². The molecule has 0 saturated heterocycles. The Bertz CT molecular complexity index is 926. The number of esters is 1. The Labute approximate surface area is 188 Å². The second-order valence-electron chi connectivity index (χ2n) is 7.64. The second-order valence-corrected chi connectivity index (χ2v) is 8.05. The average Bonchev–Trinajstić information content (AvgIpc) is 3.08. The zero-order chi connectivity index (χ0) is 22.2. The van der Waals surface area contributed by atoms with Gasteiger partial charge >= 0.3 is 5.97 Å². The van der Waals surface area contributed by atoms with Gasteiger partial charge in [0.1, 0.15) is 0 Å². The maximum absolute atomic E-state index is 12.8. The third-order valence-electron chi connectivity index (χ3n) is 5.24. The molecule has 31 heavy (non-hydrogen) atoms. The number of halogens is 1. The van der Waals surface area contributed by atoms with Gasteiger partial charge in [0.2, 0.25) is 0 Å². The SMILES string of the molecule is CCc1nn(CCCOC(=O)c2ccc(C)cc2Cl)c2c1C(=O)NCCCOCCC2. The molecule has 0 fully saturated rings. The minimum absolute atomic E-state index is 0.0690. The first kappa shape index (κ1) is 23.3. The summed E-state index contributed by atoms with van der Waals surface area (Å²) in [6, 6.07) is 5.25. The van der Waals surface area contributed by atoms with Crippen molar-refractivity contribution in [2.45, 2.75) is 52.5 Å². The van der Waals surface area contributed by atoms with Gasteiger partial charge in [-0.1, -0.05) is 24.6 Å². The number of aromatic nitrogens is 2. The number of aryl methyl sites for hydroxylation is 3. The predicted molar refractivity (Wildman–Crippen MR) is 119 cm³/mol. The van der Waals surface area contributed by atoms with Gasteiger partial charge < -0.3 is 14.8 Å². The van der Waals surface area contributed by atoms with Gasteiger partial charge in [0, 0.05) is 32.7 Å². The fourth-order valence-electron chi connectivity index (χ4n) is 3.65. The Balaban J connectivity index is 1.65. The Morgan fingerprint density at radius 3 is 2.90 bits per heavy atom. The number of carbonyl (C=O) groups excluding carboxylic acids is 2. The van der Waals surface area contributed by atoms with Crippen LogP contribution in [0.5, 0.6) is 0 Å².